The fourth-order valence-corrected chi connectivity index (χ4v) is 3.27. The highest BCUT2D eigenvalue weighted by molar-refractivity contribution is 5.63. The molecule has 1 aliphatic rings. The van der Waals surface area contributed by atoms with Crippen molar-refractivity contribution in [1.29, 1.82) is 0 Å². The molecule has 4 rings (SSSR count). The van der Waals surface area contributed by atoms with Crippen LogP contribution in [0.5, 0.6) is 0 Å². The third-order valence-corrected chi connectivity index (χ3v) is 4.92. The van der Waals surface area contributed by atoms with E-state index in [-0.39, 0.29) is 5.82 Å². The molecular weight excluding hydrogens is 343 g/mol. The van der Waals surface area contributed by atoms with Crippen LogP contribution in [0, 0.1) is 5.82 Å². The van der Waals surface area contributed by atoms with Crippen LogP contribution in [0.15, 0.2) is 48.8 Å². The zero-order chi connectivity index (χ0) is 18.6. The summed E-state index contributed by atoms with van der Waals surface area (Å²) in [6, 6.07) is 10.5. The number of hydrogen-bond donors (Lipinski definition) is 2. The maximum Gasteiger partial charge on any atom is 0.128 e. The van der Waals surface area contributed by atoms with E-state index < -0.39 is 0 Å². The van der Waals surface area contributed by atoms with E-state index in [1.165, 1.54) is 17.8 Å². The third kappa shape index (κ3) is 4.09. The Kier molecular flexibility index (Phi) is 5.02. The molecule has 2 aromatic heterocycles. The van der Waals surface area contributed by atoms with Gasteiger partial charge < -0.3 is 15.1 Å². The second kappa shape index (κ2) is 7.75. The smallest absolute Gasteiger partial charge is 0.128 e. The number of anilines is 2. The standard InChI is InChI=1S/C20H23FN6/c1-26-8-10-27(11-9-26)18-6-7-22-19(12-18)23-13-16-14-24-25-20(16)15-2-4-17(21)5-3-15/h2-7,12,14H,8-11,13H2,1H3,(H,22,23)(H,24,25). The van der Waals surface area contributed by atoms with Gasteiger partial charge >= 0.3 is 0 Å². The van der Waals surface area contributed by atoms with Crippen molar-refractivity contribution in [2.24, 2.45) is 0 Å². The summed E-state index contributed by atoms with van der Waals surface area (Å²) in [5.74, 6) is 0.584. The Labute approximate surface area is 158 Å². The van der Waals surface area contributed by atoms with Crippen molar-refractivity contribution in [3.05, 3.63) is 60.2 Å². The number of hydrogen-bond acceptors (Lipinski definition) is 5. The summed E-state index contributed by atoms with van der Waals surface area (Å²) in [5, 5.41) is 10.5. The molecule has 3 aromatic rings. The van der Waals surface area contributed by atoms with Crippen LogP contribution in [-0.2, 0) is 6.54 Å². The van der Waals surface area contributed by atoms with Crippen LogP contribution >= 0.6 is 0 Å². The average molecular weight is 366 g/mol. The summed E-state index contributed by atoms with van der Waals surface area (Å²) in [6.07, 6.45) is 3.63. The molecule has 0 bridgehead atoms. The highest BCUT2D eigenvalue weighted by Gasteiger charge is 2.15. The Hall–Kier alpha value is -2.93. The molecule has 0 amide bonds. The summed E-state index contributed by atoms with van der Waals surface area (Å²) in [4.78, 5) is 9.16. The van der Waals surface area contributed by atoms with Crippen LogP contribution in [0.3, 0.4) is 0 Å². The molecule has 0 radical (unpaired) electrons. The van der Waals surface area contributed by atoms with Gasteiger partial charge in [0, 0.05) is 61.8 Å². The Morgan fingerprint density at radius 2 is 1.89 bits per heavy atom. The van der Waals surface area contributed by atoms with E-state index in [9.17, 15) is 4.39 Å². The van der Waals surface area contributed by atoms with Gasteiger partial charge in [-0.1, -0.05) is 0 Å². The van der Waals surface area contributed by atoms with Crippen molar-refractivity contribution in [2.45, 2.75) is 6.54 Å². The number of nitrogens with zero attached hydrogens (tertiary/aromatic N) is 4. The summed E-state index contributed by atoms with van der Waals surface area (Å²) < 4.78 is 13.2. The largest absolute Gasteiger partial charge is 0.369 e. The summed E-state index contributed by atoms with van der Waals surface area (Å²) >= 11 is 0. The molecule has 0 aliphatic carbocycles. The molecule has 1 aromatic carbocycles. The molecule has 0 saturated carbocycles. The first-order valence-corrected chi connectivity index (χ1v) is 9.10. The number of H-pyrrole nitrogens is 1. The van der Waals surface area contributed by atoms with Gasteiger partial charge in [0.05, 0.1) is 11.9 Å². The second-order valence-electron chi connectivity index (χ2n) is 6.82. The average Bonchev–Trinajstić information content (AvgIpc) is 3.16. The molecule has 1 fully saturated rings. The molecule has 3 heterocycles. The van der Waals surface area contributed by atoms with Gasteiger partial charge in [0.25, 0.3) is 0 Å². The topological polar surface area (TPSA) is 60.1 Å². The highest BCUT2D eigenvalue weighted by Crippen LogP contribution is 2.23. The molecule has 0 spiro atoms. The summed E-state index contributed by atoms with van der Waals surface area (Å²) in [6.45, 7) is 4.78. The van der Waals surface area contributed by atoms with Gasteiger partial charge in [-0.25, -0.2) is 9.37 Å². The van der Waals surface area contributed by atoms with E-state index in [0.717, 1.165) is 48.8 Å². The minimum absolute atomic E-state index is 0.247. The van der Waals surface area contributed by atoms with E-state index in [2.05, 4.69) is 49.5 Å². The Morgan fingerprint density at radius 1 is 1.11 bits per heavy atom. The first-order valence-electron chi connectivity index (χ1n) is 9.10. The van der Waals surface area contributed by atoms with E-state index in [4.69, 9.17) is 0 Å². The first-order chi connectivity index (χ1) is 13.2. The van der Waals surface area contributed by atoms with Crippen LogP contribution in [0.2, 0.25) is 0 Å². The number of rotatable bonds is 5. The number of aromatic nitrogens is 3. The maximum absolute atomic E-state index is 13.2. The quantitative estimate of drug-likeness (QED) is 0.727. The van der Waals surface area contributed by atoms with Crippen LogP contribution in [-0.4, -0.2) is 53.3 Å². The molecular formula is C20H23FN6. The molecule has 6 nitrogen and oxygen atoms in total. The summed E-state index contributed by atoms with van der Waals surface area (Å²) in [5.41, 5.74) is 3.99. The number of nitrogens with one attached hydrogen (secondary N) is 2. The predicted octanol–water partition coefficient (Wildman–Crippen LogP) is 2.97. The van der Waals surface area contributed by atoms with E-state index in [1.807, 2.05) is 6.20 Å². The fourth-order valence-electron chi connectivity index (χ4n) is 3.27. The molecule has 0 unspecified atom stereocenters. The van der Waals surface area contributed by atoms with Crippen molar-refractivity contribution in [3.8, 4) is 11.3 Å². The van der Waals surface area contributed by atoms with E-state index in [0.29, 0.717) is 6.54 Å². The normalized spacial score (nSPS) is 15.1. The molecule has 27 heavy (non-hydrogen) atoms. The fraction of sp³-hybridized carbons (Fsp3) is 0.300. The van der Waals surface area contributed by atoms with Crippen molar-refractivity contribution >= 4 is 11.5 Å². The number of aromatic amines is 1. The van der Waals surface area contributed by atoms with Gasteiger partial charge in [-0.05, 0) is 37.4 Å². The Balaban J connectivity index is 1.45. The lowest BCUT2D eigenvalue weighted by molar-refractivity contribution is 0.313. The van der Waals surface area contributed by atoms with Gasteiger partial charge in [-0.15, -0.1) is 0 Å². The zero-order valence-electron chi connectivity index (χ0n) is 15.3. The first kappa shape index (κ1) is 17.5. The summed E-state index contributed by atoms with van der Waals surface area (Å²) in [7, 11) is 2.15. The van der Waals surface area contributed by atoms with Gasteiger partial charge in [-0.3, -0.25) is 5.10 Å². The van der Waals surface area contributed by atoms with Crippen LogP contribution in [0.1, 0.15) is 5.56 Å². The van der Waals surface area contributed by atoms with Gasteiger partial charge in [-0.2, -0.15) is 5.10 Å². The molecule has 1 aliphatic heterocycles. The monoisotopic (exact) mass is 366 g/mol. The number of halogens is 1. The lowest BCUT2D eigenvalue weighted by Crippen LogP contribution is -2.44. The zero-order valence-corrected chi connectivity index (χ0v) is 15.3. The molecule has 2 N–H and O–H groups in total. The Morgan fingerprint density at radius 3 is 2.67 bits per heavy atom. The van der Waals surface area contributed by atoms with Crippen LogP contribution in [0.25, 0.3) is 11.3 Å². The number of likely N-dealkylation sites (N-methyl/N-ethyl adjacent to an activating group) is 1. The van der Waals surface area contributed by atoms with Crippen molar-refractivity contribution in [3.63, 3.8) is 0 Å². The molecule has 0 atom stereocenters. The second-order valence-corrected chi connectivity index (χ2v) is 6.82. The predicted molar refractivity (Wildman–Crippen MR) is 105 cm³/mol. The van der Waals surface area contributed by atoms with Crippen molar-refractivity contribution < 1.29 is 4.39 Å². The van der Waals surface area contributed by atoms with E-state index in [1.54, 1.807) is 18.3 Å². The van der Waals surface area contributed by atoms with Gasteiger partial charge in [0.1, 0.15) is 11.6 Å². The SMILES string of the molecule is CN1CCN(c2ccnc(NCc3cn[nH]c3-c3ccc(F)cc3)c2)CC1. The number of benzene rings is 1. The molecule has 140 valence electrons. The highest BCUT2D eigenvalue weighted by atomic mass is 19.1. The van der Waals surface area contributed by atoms with Crippen LogP contribution < -0.4 is 10.2 Å². The lowest BCUT2D eigenvalue weighted by Gasteiger charge is -2.34. The van der Waals surface area contributed by atoms with Crippen molar-refractivity contribution in [2.75, 3.05) is 43.4 Å². The van der Waals surface area contributed by atoms with Gasteiger partial charge in [0.2, 0.25) is 0 Å². The Bertz CT molecular complexity index is 883. The third-order valence-electron chi connectivity index (χ3n) is 4.92. The molecule has 7 heteroatoms. The lowest BCUT2D eigenvalue weighted by atomic mass is 10.1. The van der Waals surface area contributed by atoms with E-state index >= 15 is 0 Å². The number of pyridine rings is 1. The van der Waals surface area contributed by atoms with Crippen molar-refractivity contribution in [1.82, 2.24) is 20.1 Å². The van der Waals surface area contributed by atoms with Gasteiger partial charge in [0.15, 0.2) is 0 Å². The van der Waals surface area contributed by atoms with Crippen LogP contribution in [0.4, 0.5) is 15.9 Å². The number of piperazine rings is 1. The minimum Gasteiger partial charge on any atom is -0.369 e. The minimum atomic E-state index is -0.247. The maximum atomic E-state index is 13.2. The molecule has 1 saturated heterocycles.